The fraction of sp³-hybridized carbons (Fsp3) is 0.688. The second-order valence-electron chi connectivity index (χ2n) is 6.77. The van der Waals surface area contributed by atoms with Gasteiger partial charge in [0.15, 0.2) is 0 Å². The molecule has 7 heteroatoms. The summed E-state index contributed by atoms with van der Waals surface area (Å²) in [6.45, 7) is 5.00. The lowest BCUT2D eigenvalue weighted by Crippen LogP contribution is -2.51. The Kier molecular flexibility index (Phi) is 4.14. The van der Waals surface area contributed by atoms with Crippen molar-refractivity contribution in [2.24, 2.45) is 18.4 Å². The van der Waals surface area contributed by atoms with Gasteiger partial charge >= 0.3 is 0 Å². The van der Waals surface area contributed by atoms with Crippen molar-refractivity contribution in [2.45, 2.75) is 13.3 Å². The highest BCUT2D eigenvalue weighted by Gasteiger charge is 2.50. The zero-order chi connectivity index (χ0) is 16.6. The molecule has 2 saturated heterocycles. The molecule has 2 amide bonds. The van der Waals surface area contributed by atoms with Gasteiger partial charge < -0.3 is 14.5 Å². The lowest BCUT2D eigenvalue weighted by Gasteiger charge is -2.42. The molecule has 0 radical (unpaired) electrons. The first kappa shape index (κ1) is 16.0. The molecule has 0 spiro atoms. The summed E-state index contributed by atoms with van der Waals surface area (Å²) in [4.78, 5) is 28.1. The van der Waals surface area contributed by atoms with Crippen LogP contribution in [0.2, 0.25) is 0 Å². The van der Waals surface area contributed by atoms with Crippen molar-refractivity contribution in [3.63, 3.8) is 0 Å². The highest BCUT2D eigenvalue weighted by atomic mass is 16.5. The molecule has 0 aliphatic carbocycles. The Morgan fingerprint density at radius 3 is 2.74 bits per heavy atom. The number of hydrogen-bond acceptors (Lipinski definition) is 4. The van der Waals surface area contributed by atoms with Gasteiger partial charge in [0.05, 0.1) is 6.61 Å². The summed E-state index contributed by atoms with van der Waals surface area (Å²) < 4.78 is 7.08. The number of amides is 2. The molecule has 2 atom stereocenters. The molecule has 126 valence electrons. The maximum absolute atomic E-state index is 12.6. The van der Waals surface area contributed by atoms with E-state index in [-0.39, 0.29) is 23.1 Å². The minimum Gasteiger partial charge on any atom is -0.384 e. The summed E-state index contributed by atoms with van der Waals surface area (Å²) in [6, 6.07) is 1.75. The molecule has 1 aromatic rings. The van der Waals surface area contributed by atoms with Gasteiger partial charge in [-0.15, -0.1) is 0 Å². The lowest BCUT2D eigenvalue weighted by atomic mass is 9.73. The standard InChI is InChI=1S/C16H24N4O3/c1-12(21)20-9-13-8-19(7-5-16(13,10-20)11-23-3)15(22)14-4-6-18(2)17-14/h4,6,13H,5,7-11H2,1-3H3/t13-,16+/m1/s1. The monoisotopic (exact) mass is 320 g/mol. The number of rotatable bonds is 3. The average Bonchev–Trinajstić information content (AvgIpc) is 3.10. The van der Waals surface area contributed by atoms with Crippen molar-refractivity contribution in [1.29, 1.82) is 0 Å². The van der Waals surface area contributed by atoms with Crippen LogP contribution in [0, 0.1) is 11.3 Å². The van der Waals surface area contributed by atoms with Gasteiger partial charge in [-0.05, 0) is 12.5 Å². The van der Waals surface area contributed by atoms with Crippen LogP contribution in [-0.2, 0) is 16.6 Å². The topological polar surface area (TPSA) is 67.7 Å². The van der Waals surface area contributed by atoms with E-state index in [4.69, 9.17) is 4.74 Å². The zero-order valence-corrected chi connectivity index (χ0v) is 14.0. The molecule has 2 aliphatic rings. The summed E-state index contributed by atoms with van der Waals surface area (Å²) >= 11 is 0. The van der Waals surface area contributed by atoms with Gasteiger partial charge in [0, 0.05) is 64.8 Å². The minimum atomic E-state index is -0.0297. The van der Waals surface area contributed by atoms with Crippen molar-refractivity contribution in [3.8, 4) is 0 Å². The van der Waals surface area contributed by atoms with E-state index in [1.165, 1.54) is 0 Å². The number of carbonyl (C=O) groups excluding carboxylic acids is 2. The Morgan fingerprint density at radius 1 is 1.39 bits per heavy atom. The first-order chi connectivity index (χ1) is 10.9. The number of fused-ring (bicyclic) bond motifs is 1. The number of hydrogen-bond donors (Lipinski definition) is 0. The first-order valence-electron chi connectivity index (χ1n) is 7.98. The van der Waals surface area contributed by atoms with Crippen molar-refractivity contribution >= 4 is 11.8 Å². The second-order valence-corrected chi connectivity index (χ2v) is 6.77. The number of aryl methyl sites for hydroxylation is 1. The third-order valence-electron chi connectivity index (χ3n) is 5.23. The van der Waals surface area contributed by atoms with Gasteiger partial charge in [-0.25, -0.2) is 0 Å². The Balaban J connectivity index is 1.76. The SMILES string of the molecule is COC[C@@]12CCN(C(=O)c3ccn(C)n3)C[C@@H]1CN(C(C)=O)C2. The molecule has 1 aromatic heterocycles. The second kappa shape index (κ2) is 5.96. The first-order valence-corrected chi connectivity index (χ1v) is 7.98. The highest BCUT2D eigenvalue weighted by Crippen LogP contribution is 2.43. The molecule has 7 nitrogen and oxygen atoms in total. The fourth-order valence-electron chi connectivity index (χ4n) is 3.92. The molecule has 0 unspecified atom stereocenters. The maximum Gasteiger partial charge on any atom is 0.274 e. The van der Waals surface area contributed by atoms with E-state index in [1.54, 1.807) is 38.0 Å². The fourth-order valence-corrected chi connectivity index (χ4v) is 3.92. The normalized spacial score (nSPS) is 27.2. The predicted molar refractivity (Wildman–Crippen MR) is 83.8 cm³/mol. The summed E-state index contributed by atoms with van der Waals surface area (Å²) in [5, 5.41) is 4.20. The van der Waals surface area contributed by atoms with Gasteiger partial charge in [0.25, 0.3) is 5.91 Å². The predicted octanol–water partition coefficient (Wildman–Crippen LogP) is 0.377. The number of ether oxygens (including phenoxy) is 1. The quantitative estimate of drug-likeness (QED) is 0.807. The number of likely N-dealkylation sites (tertiary alicyclic amines) is 2. The molecular weight excluding hydrogens is 296 g/mol. The van der Waals surface area contributed by atoms with Crippen LogP contribution in [-0.4, -0.2) is 71.3 Å². The van der Waals surface area contributed by atoms with E-state index in [0.29, 0.717) is 31.9 Å². The van der Waals surface area contributed by atoms with Crippen LogP contribution in [0.4, 0.5) is 0 Å². The summed E-state index contributed by atoms with van der Waals surface area (Å²) in [7, 11) is 3.51. The smallest absolute Gasteiger partial charge is 0.274 e. The van der Waals surface area contributed by atoms with Gasteiger partial charge in [-0.2, -0.15) is 5.10 Å². The molecule has 3 heterocycles. The number of nitrogens with zero attached hydrogens (tertiary/aromatic N) is 4. The zero-order valence-electron chi connectivity index (χ0n) is 14.0. The lowest BCUT2D eigenvalue weighted by molar-refractivity contribution is -0.128. The van der Waals surface area contributed by atoms with Gasteiger partial charge in [0.1, 0.15) is 5.69 Å². The van der Waals surface area contributed by atoms with Crippen molar-refractivity contribution in [1.82, 2.24) is 19.6 Å². The van der Waals surface area contributed by atoms with Crippen molar-refractivity contribution in [2.75, 3.05) is 39.9 Å². The molecule has 2 fully saturated rings. The molecule has 3 rings (SSSR count). The van der Waals surface area contributed by atoms with Crippen LogP contribution in [0.5, 0.6) is 0 Å². The molecule has 2 aliphatic heterocycles. The van der Waals surface area contributed by atoms with E-state index in [9.17, 15) is 9.59 Å². The Bertz CT molecular complexity index is 614. The molecule has 0 N–H and O–H groups in total. The molecule has 0 saturated carbocycles. The Morgan fingerprint density at radius 2 is 2.13 bits per heavy atom. The summed E-state index contributed by atoms with van der Waals surface area (Å²) in [5.41, 5.74) is 0.453. The van der Waals surface area contributed by atoms with Crippen molar-refractivity contribution in [3.05, 3.63) is 18.0 Å². The Hall–Kier alpha value is -1.89. The van der Waals surface area contributed by atoms with E-state index < -0.39 is 0 Å². The minimum absolute atomic E-state index is 0.0265. The Labute approximate surface area is 136 Å². The average molecular weight is 320 g/mol. The molecule has 0 bridgehead atoms. The summed E-state index contributed by atoms with van der Waals surface area (Å²) in [6.07, 6.45) is 2.63. The highest BCUT2D eigenvalue weighted by molar-refractivity contribution is 5.92. The van der Waals surface area contributed by atoms with Crippen LogP contribution in [0.15, 0.2) is 12.3 Å². The molecular formula is C16H24N4O3. The number of piperidine rings is 1. The van der Waals surface area contributed by atoms with Crippen LogP contribution in [0.25, 0.3) is 0 Å². The van der Waals surface area contributed by atoms with Gasteiger partial charge in [0.2, 0.25) is 5.91 Å². The van der Waals surface area contributed by atoms with Crippen LogP contribution in [0.1, 0.15) is 23.8 Å². The third-order valence-corrected chi connectivity index (χ3v) is 5.23. The van der Waals surface area contributed by atoms with Gasteiger partial charge in [-0.1, -0.05) is 0 Å². The number of aromatic nitrogens is 2. The van der Waals surface area contributed by atoms with Gasteiger partial charge in [-0.3, -0.25) is 14.3 Å². The van der Waals surface area contributed by atoms with E-state index in [1.807, 2.05) is 9.80 Å². The van der Waals surface area contributed by atoms with E-state index >= 15 is 0 Å². The van der Waals surface area contributed by atoms with Crippen molar-refractivity contribution < 1.29 is 14.3 Å². The largest absolute Gasteiger partial charge is 0.384 e. The third kappa shape index (κ3) is 2.85. The maximum atomic E-state index is 12.6. The van der Waals surface area contributed by atoms with Crippen LogP contribution >= 0.6 is 0 Å². The van der Waals surface area contributed by atoms with E-state index in [2.05, 4.69) is 5.10 Å². The number of methoxy groups -OCH3 is 1. The molecule has 23 heavy (non-hydrogen) atoms. The van der Waals surface area contributed by atoms with Crippen LogP contribution in [0.3, 0.4) is 0 Å². The number of carbonyl (C=O) groups is 2. The molecule has 0 aromatic carbocycles. The summed E-state index contributed by atoms with van der Waals surface area (Å²) in [5.74, 6) is 0.322. The van der Waals surface area contributed by atoms with E-state index in [0.717, 1.165) is 13.0 Å². The van der Waals surface area contributed by atoms with Crippen LogP contribution < -0.4 is 0 Å².